The lowest BCUT2D eigenvalue weighted by molar-refractivity contribution is -0.122. The molecule has 0 spiro atoms. The summed E-state index contributed by atoms with van der Waals surface area (Å²) >= 11 is 0. The third-order valence-electron chi connectivity index (χ3n) is 7.90. The van der Waals surface area contributed by atoms with Crippen LogP contribution in [0.1, 0.15) is 194 Å². The van der Waals surface area contributed by atoms with Gasteiger partial charge in [-0.15, -0.1) is 0 Å². The predicted octanol–water partition coefficient (Wildman–Crippen LogP) is 11.0. The van der Waals surface area contributed by atoms with E-state index in [0.717, 1.165) is 25.7 Å². The molecule has 0 fully saturated rings. The summed E-state index contributed by atoms with van der Waals surface area (Å²) in [5, 5.41) is 12.6. The van der Waals surface area contributed by atoms with Crippen LogP contribution in [0.5, 0.6) is 0 Å². The van der Waals surface area contributed by atoms with Gasteiger partial charge in [0.25, 0.3) is 0 Å². The summed E-state index contributed by atoms with van der Waals surface area (Å²) in [6, 6.07) is -0.136. The lowest BCUT2D eigenvalue weighted by Crippen LogP contribution is -2.36. The Balaban J connectivity index is 3.47. The van der Waals surface area contributed by atoms with Crippen LogP contribution in [0.3, 0.4) is 0 Å². The van der Waals surface area contributed by atoms with Gasteiger partial charge in [0.15, 0.2) is 0 Å². The highest BCUT2D eigenvalue weighted by Gasteiger charge is 2.09. The van der Waals surface area contributed by atoms with Crippen LogP contribution in [0, 0.1) is 0 Å². The lowest BCUT2D eigenvalue weighted by atomic mass is 10.0. The number of amides is 1. The minimum atomic E-state index is -0.136. The van der Waals surface area contributed by atoms with Crippen LogP contribution in [-0.4, -0.2) is 23.7 Å². The molecule has 0 aromatic heterocycles. The number of hydrogen-bond acceptors (Lipinski definition) is 2. The number of unbranched alkanes of at least 4 members (excludes halogenated alkanes) is 24. The summed E-state index contributed by atoms with van der Waals surface area (Å²) in [5.41, 5.74) is 0. The van der Waals surface area contributed by atoms with Gasteiger partial charge in [0.2, 0.25) is 5.91 Å². The fraction of sp³-hybridized carbons (Fsp3) is 0.914. The zero-order valence-electron chi connectivity index (χ0n) is 26.1. The minimum Gasteiger partial charge on any atom is -0.394 e. The first kappa shape index (κ1) is 37.2. The van der Waals surface area contributed by atoms with E-state index in [-0.39, 0.29) is 18.6 Å². The Morgan fingerprint density at radius 1 is 0.553 bits per heavy atom. The van der Waals surface area contributed by atoms with Gasteiger partial charge in [-0.05, 0) is 25.7 Å². The number of aliphatic hydroxyl groups excluding tert-OH is 1. The van der Waals surface area contributed by atoms with Crippen molar-refractivity contribution in [2.45, 2.75) is 200 Å². The van der Waals surface area contributed by atoms with Crippen LogP contribution in [-0.2, 0) is 4.79 Å². The molecular weight excluding hydrogens is 466 g/mol. The van der Waals surface area contributed by atoms with Crippen LogP contribution in [0.4, 0.5) is 0 Å². The van der Waals surface area contributed by atoms with Crippen molar-refractivity contribution in [2.24, 2.45) is 0 Å². The Hall–Kier alpha value is -0.830. The fourth-order valence-electron chi connectivity index (χ4n) is 5.26. The third kappa shape index (κ3) is 29.7. The molecule has 3 nitrogen and oxygen atoms in total. The number of aliphatic hydroxyl groups is 1. The molecule has 0 rings (SSSR count). The van der Waals surface area contributed by atoms with Crippen molar-refractivity contribution >= 4 is 5.91 Å². The van der Waals surface area contributed by atoms with Gasteiger partial charge >= 0.3 is 0 Å². The molecular formula is C35H69NO2. The Labute approximate surface area is 239 Å². The molecule has 0 aliphatic carbocycles. The molecule has 0 saturated carbocycles. The molecule has 0 heterocycles. The highest BCUT2D eigenvalue weighted by atomic mass is 16.3. The van der Waals surface area contributed by atoms with Gasteiger partial charge in [-0.25, -0.2) is 0 Å². The summed E-state index contributed by atoms with van der Waals surface area (Å²) in [6.07, 6.45) is 40.6. The quantitative estimate of drug-likeness (QED) is 0.0685. The fourth-order valence-corrected chi connectivity index (χ4v) is 5.26. The molecule has 38 heavy (non-hydrogen) atoms. The van der Waals surface area contributed by atoms with Crippen molar-refractivity contribution in [3.8, 4) is 0 Å². The smallest absolute Gasteiger partial charge is 0.220 e. The van der Waals surface area contributed by atoms with E-state index >= 15 is 0 Å². The van der Waals surface area contributed by atoms with E-state index in [1.54, 1.807) is 0 Å². The zero-order chi connectivity index (χ0) is 27.8. The topological polar surface area (TPSA) is 49.3 Å². The molecule has 0 unspecified atom stereocenters. The Morgan fingerprint density at radius 2 is 0.921 bits per heavy atom. The van der Waals surface area contributed by atoms with Crippen LogP contribution >= 0.6 is 0 Å². The minimum absolute atomic E-state index is 0.0211. The van der Waals surface area contributed by atoms with Gasteiger partial charge in [0.1, 0.15) is 0 Å². The zero-order valence-corrected chi connectivity index (χ0v) is 26.1. The van der Waals surface area contributed by atoms with Crippen molar-refractivity contribution in [3.63, 3.8) is 0 Å². The van der Waals surface area contributed by atoms with E-state index in [4.69, 9.17) is 0 Å². The van der Waals surface area contributed by atoms with Gasteiger partial charge in [-0.1, -0.05) is 174 Å². The number of nitrogens with one attached hydrogen (secondary N) is 1. The van der Waals surface area contributed by atoms with Gasteiger partial charge in [-0.2, -0.15) is 0 Å². The van der Waals surface area contributed by atoms with Gasteiger partial charge in [-0.3, -0.25) is 4.79 Å². The third-order valence-corrected chi connectivity index (χ3v) is 7.90. The first-order valence-electron chi connectivity index (χ1n) is 17.3. The molecule has 3 heteroatoms. The molecule has 0 saturated heterocycles. The normalized spacial score (nSPS) is 12.4. The molecule has 0 bridgehead atoms. The van der Waals surface area contributed by atoms with E-state index in [1.807, 2.05) is 0 Å². The van der Waals surface area contributed by atoms with Crippen molar-refractivity contribution in [3.05, 3.63) is 12.2 Å². The maximum absolute atomic E-state index is 12.2. The number of allylic oxidation sites excluding steroid dienone is 1. The van der Waals surface area contributed by atoms with Crippen molar-refractivity contribution < 1.29 is 9.90 Å². The molecule has 2 N–H and O–H groups in total. The number of hydrogen-bond donors (Lipinski definition) is 2. The molecule has 0 aromatic rings. The molecule has 0 aromatic carbocycles. The van der Waals surface area contributed by atoms with Crippen LogP contribution in [0.15, 0.2) is 12.2 Å². The maximum atomic E-state index is 12.2. The van der Waals surface area contributed by atoms with Crippen LogP contribution in [0.2, 0.25) is 0 Å². The van der Waals surface area contributed by atoms with Crippen LogP contribution < -0.4 is 5.32 Å². The molecule has 1 amide bonds. The second kappa shape index (κ2) is 32.4. The summed E-state index contributed by atoms with van der Waals surface area (Å²) in [4.78, 5) is 12.2. The molecule has 0 radical (unpaired) electrons. The summed E-state index contributed by atoms with van der Waals surface area (Å²) in [6.45, 7) is 4.58. The second-order valence-electron chi connectivity index (χ2n) is 11.8. The van der Waals surface area contributed by atoms with Crippen molar-refractivity contribution in [1.29, 1.82) is 0 Å². The first-order chi connectivity index (χ1) is 18.7. The monoisotopic (exact) mass is 536 g/mol. The van der Waals surface area contributed by atoms with Gasteiger partial charge < -0.3 is 10.4 Å². The average molecular weight is 536 g/mol. The number of rotatable bonds is 31. The maximum Gasteiger partial charge on any atom is 0.220 e. The van der Waals surface area contributed by atoms with Crippen molar-refractivity contribution in [2.75, 3.05) is 6.61 Å². The average Bonchev–Trinajstić information content (AvgIpc) is 2.92. The van der Waals surface area contributed by atoms with Gasteiger partial charge in [0, 0.05) is 6.42 Å². The first-order valence-corrected chi connectivity index (χ1v) is 17.3. The predicted molar refractivity (Wildman–Crippen MR) is 169 cm³/mol. The largest absolute Gasteiger partial charge is 0.394 e. The summed E-state index contributed by atoms with van der Waals surface area (Å²) in [5.74, 6) is 0.0988. The molecule has 0 aliphatic rings. The molecule has 226 valence electrons. The van der Waals surface area contributed by atoms with E-state index < -0.39 is 0 Å². The Morgan fingerprint density at radius 3 is 1.32 bits per heavy atom. The SMILES string of the molecule is CCCCCCCCCCCCC/C=C/C[C@H](CO)NC(=O)CCCCCCCCCCCCCCCC. The lowest BCUT2D eigenvalue weighted by Gasteiger charge is -2.14. The summed E-state index contributed by atoms with van der Waals surface area (Å²) < 4.78 is 0. The summed E-state index contributed by atoms with van der Waals surface area (Å²) in [7, 11) is 0. The second-order valence-corrected chi connectivity index (χ2v) is 11.8. The van der Waals surface area contributed by atoms with Crippen molar-refractivity contribution in [1.82, 2.24) is 5.32 Å². The number of carbonyl (C=O) groups excluding carboxylic acids is 1. The van der Waals surface area contributed by atoms with E-state index in [2.05, 4.69) is 31.3 Å². The number of carbonyl (C=O) groups is 1. The molecule has 1 atom stereocenters. The highest BCUT2D eigenvalue weighted by molar-refractivity contribution is 5.76. The Kier molecular flexibility index (Phi) is 31.7. The Bertz CT molecular complexity index is 490. The van der Waals surface area contributed by atoms with E-state index in [0.29, 0.717) is 6.42 Å². The van der Waals surface area contributed by atoms with Gasteiger partial charge in [0.05, 0.1) is 12.6 Å². The van der Waals surface area contributed by atoms with E-state index in [9.17, 15) is 9.90 Å². The van der Waals surface area contributed by atoms with Crippen LogP contribution in [0.25, 0.3) is 0 Å². The highest BCUT2D eigenvalue weighted by Crippen LogP contribution is 2.14. The van der Waals surface area contributed by atoms with E-state index in [1.165, 1.54) is 148 Å². The molecule has 0 aliphatic heterocycles. The standard InChI is InChI=1S/C35H69NO2/c1-3-5-7-9-11-13-15-17-19-21-23-25-27-29-31-34(33-37)36-35(38)32-30-28-26-24-22-20-18-16-14-12-10-8-6-4-2/h27,29,34,37H,3-26,28,30-33H2,1-2H3,(H,36,38)/b29-27+/t34-/m1/s1.